The maximum atomic E-state index is 12.9. The van der Waals surface area contributed by atoms with Crippen LogP contribution in [-0.4, -0.2) is 24.3 Å². The number of nitrogens with zero attached hydrogens (tertiary/aromatic N) is 1. The van der Waals surface area contributed by atoms with Gasteiger partial charge in [0.2, 0.25) is 0 Å². The minimum atomic E-state index is -0.422. The number of rotatable bonds is 6. The fourth-order valence-electron chi connectivity index (χ4n) is 2.85. The van der Waals surface area contributed by atoms with Crippen LogP contribution in [-0.2, 0) is 4.74 Å². The highest BCUT2D eigenvalue weighted by Gasteiger charge is 2.17. The smallest absolute Gasteiger partial charge is 0.340 e. The first-order valence-electron chi connectivity index (χ1n) is 8.97. The van der Waals surface area contributed by atoms with Gasteiger partial charge in [0.25, 0.3) is 5.56 Å². The topological polar surface area (TPSA) is 57.5 Å². The van der Waals surface area contributed by atoms with E-state index in [1.807, 2.05) is 6.07 Å². The fraction of sp³-hybridized carbons (Fsp3) is 0.273. The van der Waals surface area contributed by atoms with Gasteiger partial charge in [0.05, 0.1) is 19.3 Å². The van der Waals surface area contributed by atoms with Gasteiger partial charge >= 0.3 is 5.97 Å². The molecule has 27 heavy (non-hydrogen) atoms. The number of esters is 1. The van der Waals surface area contributed by atoms with Crippen molar-refractivity contribution in [3.63, 3.8) is 0 Å². The Balaban J connectivity index is 2.08. The van der Waals surface area contributed by atoms with Gasteiger partial charge in [-0.2, -0.15) is 0 Å². The standard InChI is InChI=1S/C22H23NO4/c1-15(2)12-13-27-22(25)20-14-23(16-8-10-17(26-3)11-9-16)21(24)19-7-5-4-6-18(19)20/h4-11,14-15H,12-13H2,1-3H3. The molecule has 0 aliphatic rings. The van der Waals surface area contributed by atoms with Crippen LogP contribution in [0.15, 0.2) is 59.5 Å². The molecule has 1 heterocycles. The molecule has 0 spiro atoms. The molecule has 1 aromatic heterocycles. The number of hydrogen-bond donors (Lipinski definition) is 0. The zero-order valence-corrected chi connectivity index (χ0v) is 15.8. The number of carbonyl (C=O) groups excluding carboxylic acids is 1. The predicted octanol–water partition coefficient (Wildman–Crippen LogP) is 4.20. The Morgan fingerprint density at radius 3 is 2.33 bits per heavy atom. The van der Waals surface area contributed by atoms with Gasteiger partial charge in [0.15, 0.2) is 0 Å². The Morgan fingerprint density at radius 1 is 1.04 bits per heavy atom. The van der Waals surface area contributed by atoms with Crippen LogP contribution >= 0.6 is 0 Å². The fourth-order valence-corrected chi connectivity index (χ4v) is 2.85. The molecular weight excluding hydrogens is 342 g/mol. The lowest BCUT2D eigenvalue weighted by molar-refractivity contribution is 0.0489. The number of pyridine rings is 1. The van der Waals surface area contributed by atoms with Crippen molar-refractivity contribution < 1.29 is 14.3 Å². The van der Waals surface area contributed by atoms with E-state index in [4.69, 9.17) is 9.47 Å². The highest BCUT2D eigenvalue weighted by atomic mass is 16.5. The summed E-state index contributed by atoms with van der Waals surface area (Å²) in [5.41, 5.74) is 0.849. The number of methoxy groups -OCH3 is 1. The average molecular weight is 365 g/mol. The summed E-state index contributed by atoms with van der Waals surface area (Å²) in [4.78, 5) is 25.6. The van der Waals surface area contributed by atoms with Gasteiger partial charge in [-0.15, -0.1) is 0 Å². The van der Waals surface area contributed by atoms with Crippen LogP contribution in [0.2, 0.25) is 0 Å². The lowest BCUT2D eigenvalue weighted by atomic mass is 10.1. The Bertz CT molecular complexity index is 1000. The predicted molar refractivity (Wildman–Crippen MR) is 106 cm³/mol. The number of carbonyl (C=O) groups is 1. The number of hydrogen-bond acceptors (Lipinski definition) is 4. The van der Waals surface area contributed by atoms with Crippen LogP contribution in [0, 0.1) is 5.92 Å². The molecule has 0 aliphatic carbocycles. The first-order chi connectivity index (χ1) is 13.0. The van der Waals surface area contributed by atoms with Crippen LogP contribution in [0.3, 0.4) is 0 Å². The van der Waals surface area contributed by atoms with Gasteiger partial charge in [-0.1, -0.05) is 32.0 Å². The van der Waals surface area contributed by atoms with Gasteiger partial charge in [-0.25, -0.2) is 4.79 Å². The summed E-state index contributed by atoms with van der Waals surface area (Å²) in [6.07, 6.45) is 2.35. The molecule has 0 N–H and O–H groups in total. The quantitative estimate of drug-likeness (QED) is 0.614. The Kier molecular flexibility index (Phi) is 5.60. The first kappa shape index (κ1) is 18.7. The van der Waals surface area contributed by atoms with Crippen LogP contribution in [0.4, 0.5) is 0 Å². The molecule has 0 atom stereocenters. The zero-order valence-electron chi connectivity index (χ0n) is 15.8. The molecular formula is C22H23NO4. The number of ether oxygens (including phenoxy) is 2. The molecule has 5 heteroatoms. The van der Waals surface area contributed by atoms with Gasteiger partial charge in [0, 0.05) is 22.7 Å². The van der Waals surface area contributed by atoms with Gasteiger partial charge in [0.1, 0.15) is 5.75 Å². The molecule has 0 bridgehead atoms. The van der Waals surface area contributed by atoms with E-state index in [-0.39, 0.29) is 5.56 Å². The SMILES string of the molecule is COc1ccc(-n2cc(C(=O)OCCC(C)C)c3ccccc3c2=O)cc1. The molecule has 2 aromatic carbocycles. The molecule has 0 amide bonds. The van der Waals surface area contributed by atoms with E-state index in [2.05, 4.69) is 13.8 Å². The monoisotopic (exact) mass is 365 g/mol. The molecule has 3 rings (SSSR count). The summed E-state index contributed by atoms with van der Waals surface area (Å²) >= 11 is 0. The van der Waals surface area contributed by atoms with Crippen molar-refractivity contribution in [1.29, 1.82) is 0 Å². The maximum Gasteiger partial charge on any atom is 0.340 e. The molecule has 3 aromatic rings. The second kappa shape index (κ2) is 8.08. The van der Waals surface area contributed by atoms with Crippen LogP contribution in [0.1, 0.15) is 30.6 Å². The van der Waals surface area contributed by atoms with E-state index in [1.54, 1.807) is 55.8 Å². The van der Waals surface area contributed by atoms with E-state index in [0.29, 0.717) is 40.3 Å². The van der Waals surface area contributed by atoms with Crippen LogP contribution in [0.5, 0.6) is 5.75 Å². The molecule has 0 saturated carbocycles. The van der Waals surface area contributed by atoms with E-state index in [9.17, 15) is 9.59 Å². The molecule has 0 radical (unpaired) electrons. The lowest BCUT2D eigenvalue weighted by Gasteiger charge is -2.13. The minimum absolute atomic E-state index is 0.186. The highest BCUT2D eigenvalue weighted by molar-refractivity contribution is 6.04. The number of fused-ring (bicyclic) bond motifs is 1. The second-order valence-electron chi connectivity index (χ2n) is 6.78. The molecule has 140 valence electrons. The summed E-state index contributed by atoms with van der Waals surface area (Å²) in [6.45, 7) is 4.51. The molecule has 0 aliphatic heterocycles. The third kappa shape index (κ3) is 4.03. The maximum absolute atomic E-state index is 12.9. The van der Waals surface area contributed by atoms with Crippen molar-refractivity contribution in [3.05, 3.63) is 70.6 Å². The van der Waals surface area contributed by atoms with E-state index in [1.165, 1.54) is 4.57 Å². The van der Waals surface area contributed by atoms with E-state index in [0.717, 1.165) is 6.42 Å². The summed E-state index contributed by atoms with van der Waals surface area (Å²) in [7, 11) is 1.59. The summed E-state index contributed by atoms with van der Waals surface area (Å²) in [5.74, 6) is 0.720. The molecule has 5 nitrogen and oxygen atoms in total. The average Bonchev–Trinajstić information content (AvgIpc) is 2.68. The van der Waals surface area contributed by atoms with Gasteiger partial charge in [-0.05, 0) is 42.7 Å². The van der Waals surface area contributed by atoms with Crippen molar-refractivity contribution in [3.8, 4) is 11.4 Å². The number of benzene rings is 2. The van der Waals surface area contributed by atoms with Crippen LogP contribution in [0.25, 0.3) is 16.5 Å². The van der Waals surface area contributed by atoms with Crippen molar-refractivity contribution in [2.45, 2.75) is 20.3 Å². The largest absolute Gasteiger partial charge is 0.497 e. The van der Waals surface area contributed by atoms with Crippen molar-refractivity contribution in [2.75, 3.05) is 13.7 Å². The normalized spacial score (nSPS) is 11.0. The molecule has 0 saturated heterocycles. The third-order valence-corrected chi connectivity index (χ3v) is 4.42. The summed E-state index contributed by atoms with van der Waals surface area (Å²) in [5, 5.41) is 1.08. The van der Waals surface area contributed by atoms with Gasteiger partial charge in [-0.3, -0.25) is 9.36 Å². The Hall–Kier alpha value is -3.08. The van der Waals surface area contributed by atoms with Crippen molar-refractivity contribution >= 4 is 16.7 Å². The molecule has 0 unspecified atom stereocenters. The van der Waals surface area contributed by atoms with Crippen molar-refractivity contribution in [2.24, 2.45) is 5.92 Å². The van der Waals surface area contributed by atoms with Crippen LogP contribution < -0.4 is 10.3 Å². The van der Waals surface area contributed by atoms with E-state index < -0.39 is 5.97 Å². The van der Waals surface area contributed by atoms with Crippen molar-refractivity contribution in [1.82, 2.24) is 4.57 Å². The third-order valence-electron chi connectivity index (χ3n) is 4.42. The zero-order chi connectivity index (χ0) is 19.4. The lowest BCUT2D eigenvalue weighted by Crippen LogP contribution is -2.21. The summed E-state index contributed by atoms with van der Waals surface area (Å²) in [6, 6.07) is 14.2. The first-order valence-corrected chi connectivity index (χ1v) is 8.97. The van der Waals surface area contributed by atoms with Gasteiger partial charge < -0.3 is 9.47 Å². The summed E-state index contributed by atoms with van der Waals surface area (Å²) < 4.78 is 12.1. The molecule has 0 fully saturated rings. The number of aromatic nitrogens is 1. The minimum Gasteiger partial charge on any atom is -0.497 e. The van der Waals surface area contributed by atoms with E-state index >= 15 is 0 Å². The second-order valence-corrected chi connectivity index (χ2v) is 6.78. The Morgan fingerprint density at radius 2 is 1.70 bits per heavy atom. The Labute approximate surface area is 158 Å². The highest BCUT2D eigenvalue weighted by Crippen LogP contribution is 2.20.